The summed E-state index contributed by atoms with van der Waals surface area (Å²) in [6.45, 7) is 5.74. The third-order valence-corrected chi connectivity index (χ3v) is 7.65. The van der Waals surface area contributed by atoms with E-state index in [9.17, 15) is 9.59 Å². The molecule has 0 aliphatic carbocycles. The number of nitrogens with zero attached hydrogens (tertiary/aromatic N) is 2. The molecule has 35 heavy (non-hydrogen) atoms. The largest absolute Gasteiger partial charge is 0.460 e. The molecule has 1 atom stereocenters. The van der Waals surface area contributed by atoms with E-state index in [4.69, 9.17) is 37.4 Å². The zero-order valence-corrected chi connectivity index (χ0v) is 21.9. The summed E-state index contributed by atoms with van der Waals surface area (Å²) in [5, 5.41) is 1.19. The Morgan fingerprint density at radius 1 is 1.11 bits per heavy atom. The van der Waals surface area contributed by atoms with Gasteiger partial charge in [-0.3, -0.25) is 9.69 Å². The monoisotopic (exact) mass is 540 g/mol. The van der Waals surface area contributed by atoms with Crippen LogP contribution in [0, 0.1) is 0 Å². The molecule has 2 aliphatic heterocycles. The summed E-state index contributed by atoms with van der Waals surface area (Å²) >= 11 is 13.6. The molecule has 4 rings (SSSR count). The van der Waals surface area contributed by atoms with Gasteiger partial charge in [-0.05, 0) is 48.7 Å². The van der Waals surface area contributed by atoms with Crippen molar-refractivity contribution in [3.05, 3.63) is 55.7 Å². The Kier molecular flexibility index (Phi) is 9.83. The fourth-order valence-corrected chi connectivity index (χ4v) is 5.71. The molecule has 7 nitrogen and oxygen atoms in total. The molecule has 0 saturated carbocycles. The number of carbonyl (C=O) groups excluding carboxylic acids is 2. The van der Waals surface area contributed by atoms with Crippen molar-refractivity contribution in [3.63, 3.8) is 0 Å². The number of hydrogen-bond donors (Lipinski definition) is 0. The van der Waals surface area contributed by atoms with Crippen LogP contribution in [0.25, 0.3) is 0 Å². The van der Waals surface area contributed by atoms with Crippen LogP contribution in [-0.2, 0) is 32.0 Å². The van der Waals surface area contributed by atoms with Gasteiger partial charge >= 0.3 is 5.97 Å². The Bertz CT molecular complexity index is 991. The van der Waals surface area contributed by atoms with E-state index in [0.29, 0.717) is 54.1 Å². The molecule has 1 aromatic carbocycles. The van der Waals surface area contributed by atoms with Gasteiger partial charge in [0.25, 0.3) is 0 Å². The summed E-state index contributed by atoms with van der Waals surface area (Å²) in [7, 11) is 0. The van der Waals surface area contributed by atoms with Gasteiger partial charge in [0.05, 0.1) is 32.5 Å². The van der Waals surface area contributed by atoms with Gasteiger partial charge in [-0.15, -0.1) is 11.3 Å². The zero-order chi connectivity index (χ0) is 24.6. The smallest absolute Gasteiger partial charge is 0.348 e. The van der Waals surface area contributed by atoms with Crippen molar-refractivity contribution in [2.45, 2.75) is 31.9 Å². The number of likely N-dealkylation sites (tertiary alicyclic amines) is 1. The zero-order valence-electron chi connectivity index (χ0n) is 19.5. The second-order valence-electron chi connectivity index (χ2n) is 8.68. The number of morpholine rings is 1. The molecule has 0 bridgehead atoms. The van der Waals surface area contributed by atoms with Gasteiger partial charge in [0, 0.05) is 47.5 Å². The topological polar surface area (TPSA) is 68.3 Å². The molecule has 2 fully saturated rings. The van der Waals surface area contributed by atoms with Gasteiger partial charge in [0.2, 0.25) is 5.91 Å². The van der Waals surface area contributed by atoms with Crippen molar-refractivity contribution in [1.82, 2.24) is 9.80 Å². The van der Waals surface area contributed by atoms with Gasteiger partial charge in [0.1, 0.15) is 11.5 Å². The average molecular weight is 541 g/mol. The van der Waals surface area contributed by atoms with Crippen molar-refractivity contribution in [3.8, 4) is 0 Å². The summed E-state index contributed by atoms with van der Waals surface area (Å²) in [5.41, 5.74) is 1.00. The number of carbonyl (C=O) groups is 2. The van der Waals surface area contributed by atoms with Crippen LogP contribution in [0.1, 0.15) is 33.0 Å². The van der Waals surface area contributed by atoms with Crippen LogP contribution in [0.3, 0.4) is 0 Å². The molecule has 2 aliphatic rings. The minimum absolute atomic E-state index is 0.0433. The first-order valence-corrected chi connectivity index (χ1v) is 13.4. The Morgan fingerprint density at radius 2 is 1.89 bits per heavy atom. The molecule has 0 radical (unpaired) electrons. The highest BCUT2D eigenvalue weighted by atomic mass is 35.5. The Labute approximate surface area is 219 Å². The second-order valence-corrected chi connectivity index (χ2v) is 10.7. The quantitative estimate of drug-likeness (QED) is 0.396. The molecule has 1 aromatic heterocycles. The van der Waals surface area contributed by atoms with E-state index in [0.717, 1.165) is 49.7 Å². The van der Waals surface area contributed by atoms with Crippen LogP contribution < -0.4 is 0 Å². The van der Waals surface area contributed by atoms with Crippen LogP contribution in [0.5, 0.6) is 0 Å². The van der Waals surface area contributed by atoms with Crippen molar-refractivity contribution >= 4 is 46.4 Å². The van der Waals surface area contributed by atoms with Gasteiger partial charge in [-0.25, -0.2) is 4.79 Å². The lowest BCUT2D eigenvalue weighted by molar-refractivity contribution is -0.129. The normalized spacial score (nSPS) is 18.9. The van der Waals surface area contributed by atoms with E-state index in [1.807, 2.05) is 23.1 Å². The number of esters is 1. The van der Waals surface area contributed by atoms with E-state index in [1.165, 1.54) is 11.3 Å². The molecule has 10 heteroatoms. The first-order chi connectivity index (χ1) is 17.0. The first kappa shape index (κ1) is 26.4. The third-order valence-electron chi connectivity index (χ3n) is 6.18. The fourth-order valence-electron chi connectivity index (χ4n) is 4.30. The maximum atomic E-state index is 12.4. The van der Waals surface area contributed by atoms with Crippen LogP contribution >= 0.6 is 34.5 Å². The molecular weight excluding hydrogens is 511 g/mol. The highest BCUT2D eigenvalue weighted by molar-refractivity contribution is 7.13. The molecule has 2 saturated heterocycles. The first-order valence-electron chi connectivity index (χ1n) is 11.9. The molecule has 2 aromatic rings. The van der Waals surface area contributed by atoms with Crippen LogP contribution in [-0.4, -0.2) is 80.3 Å². The molecule has 3 heterocycles. The molecular formula is C25H30Cl2N2O5S. The standard InChI is InChI=1S/C25H30Cl2N2O5S/c26-19-13-18(14-20(27)15-19)5-6-29-21(1-4-24(29)30)16-33-17-22-2-3-23(35-22)25(31)34-12-9-28-7-10-32-11-8-28/h2-3,13-15,21H,1,4-12,16-17H2. The summed E-state index contributed by atoms with van der Waals surface area (Å²) in [6, 6.07) is 9.17. The van der Waals surface area contributed by atoms with Crippen LogP contribution in [0.15, 0.2) is 30.3 Å². The minimum atomic E-state index is -0.303. The number of ether oxygens (including phenoxy) is 3. The summed E-state index contributed by atoms with van der Waals surface area (Å²) in [6.07, 6.45) is 1.99. The summed E-state index contributed by atoms with van der Waals surface area (Å²) in [4.78, 5) is 30.4. The lowest BCUT2D eigenvalue weighted by atomic mass is 10.1. The number of thiophene rings is 1. The van der Waals surface area contributed by atoms with Crippen LogP contribution in [0.2, 0.25) is 10.0 Å². The summed E-state index contributed by atoms with van der Waals surface area (Å²) < 4.78 is 16.7. The van der Waals surface area contributed by atoms with Gasteiger partial charge in [0.15, 0.2) is 0 Å². The van der Waals surface area contributed by atoms with Gasteiger partial charge < -0.3 is 19.1 Å². The third kappa shape index (κ3) is 7.90. The lowest BCUT2D eigenvalue weighted by Crippen LogP contribution is -2.38. The molecule has 190 valence electrons. The van der Waals surface area contributed by atoms with E-state index in [1.54, 1.807) is 12.1 Å². The van der Waals surface area contributed by atoms with Gasteiger partial charge in [-0.1, -0.05) is 23.2 Å². The molecule has 1 amide bonds. The van der Waals surface area contributed by atoms with Crippen LogP contribution in [0.4, 0.5) is 0 Å². The van der Waals surface area contributed by atoms with E-state index < -0.39 is 0 Å². The van der Waals surface area contributed by atoms with Gasteiger partial charge in [-0.2, -0.15) is 0 Å². The maximum absolute atomic E-state index is 12.4. The average Bonchev–Trinajstić information content (AvgIpc) is 3.45. The number of halogens is 2. The van der Waals surface area contributed by atoms with Crippen molar-refractivity contribution in [2.24, 2.45) is 0 Å². The Morgan fingerprint density at radius 3 is 2.66 bits per heavy atom. The highest BCUT2D eigenvalue weighted by Crippen LogP contribution is 2.24. The number of amides is 1. The molecule has 1 unspecified atom stereocenters. The number of benzene rings is 1. The Hall–Kier alpha value is -1.68. The highest BCUT2D eigenvalue weighted by Gasteiger charge is 2.30. The number of rotatable bonds is 11. The van der Waals surface area contributed by atoms with Crippen molar-refractivity contribution in [1.29, 1.82) is 0 Å². The minimum Gasteiger partial charge on any atom is -0.460 e. The van der Waals surface area contributed by atoms with E-state index >= 15 is 0 Å². The lowest BCUT2D eigenvalue weighted by Gasteiger charge is -2.26. The predicted molar refractivity (Wildman–Crippen MR) is 136 cm³/mol. The SMILES string of the molecule is O=C(OCCN1CCOCC1)c1ccc(COCC2CCC(=O)N2CCc2cc(Cl)cc(Cl)c2)s1. The van der Waals surface area contributed by atoms with E-state index in [2.05, 4.69) is 4.90 Å². The molecule has 0 N–H and O–H groups in total. The Balaban J connectivity index is 1.19. The van der Waals surface area contributed by atoms with Crippen molar-refractivity contribution < 1.29 is 23.8 Å². The predicted octanol–water partition coefficient (Wildman–Crippen LogP) is 4.29. The van der Waals surface area contributed by atoms with E-state index in [-0.39, 0.29) is 17.9 Å². The number of hydrogen-bond acceptors (Lipinski definition) is 7. The molecule has 0 spiro atoms. The summed E-state index contributed by atoms with van der Waals surface area (Å²) in [5.74, 6) is -0.159. The van der Waals surface area contributed by atoms with Crippen molar-refractivity contribution in [2.75, 3.05) is 52.6 Å². The maximum Gasteiger partial charge on any atom is 0.348 e. The second kappa shape index (κ2) is 13.0. The fraction of sp³-hybridized carbons (Fsp3) is 0.520.